The Morgan fingerprint density at radius 2 is 2.05 bits per heavy atom. The summed E-state index contributed by atoms with van der Waals surface area (Å²) in [7, 11) is 0. The molecule has 0 spiro atoms. The second kappa shape index (κ2) is 5.94. The SMILES string of the molecule is CCc1nc(NN)cc(Sc2ccc(F)cc2F)n1. The fraction of sp³-hybridized carbons (Fsp3) is 0.167. The number of aromatic nitrogens is 2. The number of nitrogens with two attached hydrogens (primary N) is 1. The number of hydrazine groups is 1. The largest absolute Gasteiger partial charge is 0.308 e. The minimum atomic E-state index is -0.621. The summed E-state index contributed by atoms with van der Waals surface area (Å²) in [5, 5.41) is 0.547. The van der Waals surface area contributed by atoms with Gasteiger partial charge in [-0.25, -0.2) is 24.6 Å². The van der Waals surface area contributed by atoms with Crippen LogP contribution in [0.25, 0.3) is 0 Å². The lowest BCUT2D eigenvalue weighted by Gasteiger charge is -2.07. The number of hydrogen-bond acceptors (Lipinski definition) is 5. The Labute approximate surface area is 113 Å². The molecule has 0 fully saturated rings. The highest BCUT2D eigenvalue weighted by Gasteiger charge is 2.09. The number of benzene rings is 1. The first kappa shape index (κ1) is 13.7. The molecule has 1 heterocycles. The van der Waals surface area contributed by atoms with Crippen molar-refractivity contribution in [1.29, 1.82) is 0 Å². The van der Waals surface area contributed by atoms with Gasteiger partial charge in [-0.3, -0.25) is 0 Å². The molecule has 0 saturated carbocycles. The van der Waals surface area contributed by atoms with Crippen LogP contribution in [0.2, 0.25) is 0 Å². The maximum atomic E-state index is 13.6. The van der Waals surface area contributed by atoms with Gasteiger partial charge < -0.3 is 5.43 Å². The number of nitrogens with one attached hydrogen (secondary N) is 1. The number of anilines is 1. The van der Waals surface area contributed by atoms with Gasteiger partial charge in [-0.2, -0.15) is 0 Å². The number of nitrogens with zero attached hydrogens (tertiary/aromatic N) is 2. The monoisotopic (exact) mass is 282 g/mol. The fourth-order valence-electron chi connectivity index (χ4n) is 1.43. The summed E-state index contributed by atoms with van der Waals surface area (Å²) in [6.45, 7) is 1.91. The van der Waals surface area contributed by atoms with E-state index in [0.717, 1.165) is 17.8 Å². The second-order valence-corrected chi connectivity index (χ2v) is 4.74. The van der Waals surface area contributed by atoms with Crippen LogP contribution in [0.15, 0.2) is 34.2 Å². The van der Waals surface area contributed by atoms with Crippen molar-refractivity contribution < 1.29 is 8.78 Å². The first-order valence-electron chi connectivity index (χ1n) is 5.60. The summed E-state index contributed by atoms with van der Waals surface area (Å²) in [5.74, 6) is 5.14. The predicted molar refractivity (Wildman–Crippen MR) is 69.7 cm³/mol. The minimum absolute atomic E-state index is 0.296. The highest BCUT2D eigenvalue weighted by molar-refractivity contribution is 7.99. The Bertz CT molecular complexity index is 570. The maximum Gasteiger partial charge on any atom is 0.144 e. The molecule has 1 aromatic carbocycles. The van der Waals surface area contributed by atoms with Gasteiger partial charge >= 0.3 is 0 Å². The second-order valence-electron chi connectivity index (χ2n) is 3.68. The molecule has 1 aromatic heterocycles. The van der Waals surface area contributed by atoms with E-state index in [1.54, 1.807) is 6.07 Å². The van der Waals surface area contributed by atoms with Crippen LogP contribution in [0.4, 0.5) is 14.6 Å². The number of aryl methyl sites for hydroxylation is 1. The normalized spacial score (nSPS) is 10.5. The van der Waals surface area contributed by atoms with E-state index in [1.165, 1.54) is 12.1 Å². The summed E-state index contributed by atoms with van der Waals surface area (Å²) in [6.07, 6.45) is 0.634. The lowest BCUT2D eigenvalue weighted by molar-refractivity contribution is 0.565. The number of halogens is 2. The van der Waals surface area contributed by atoms with Crippen LogP contribution in [-0.4, -0.2) is 9.97 Å². The first-order valence-corrected chi connectivity index (χ1v) is 6.41. The first-order chi connectivity index (χ1) is 9.12. The Morgan fingerprint density at radius 1 is 1.26 bits per heavy atom. The molecule has 0 amide bonds. The van der Waals surface area contributed by atoms with Crippen molar-refractivity contribution in [2.24, 2.45) is 5.84 Å². The Hall–Kier alpha value is -1.73. The Balaban J connectivity index is 2.31. The molecule has 0 aliphatic carbocycles. The molecule has 0 unspecified atom stereocenters. The zero-order valence-corrected chi connectivity index (χ0v) is 11.0. The van der Waals surface area contributed by atoms with Crippen LogP contribution in [-0.2, 0) is 6.42 Å². The van der Waals surface area contributed by atoms with E-state index in [9.17, 15) is 8.78 Å². The van der Waals surface area contributed by atoms with Gasteiger partial charge in [0.15, 0.2) is 0 Å². The van der Waals surface area contributed by atoms with Crippen molar-refractivity contribution in [2.75, 3.05) is 5.43 Å². The van der Waals surface area contributed by atoms with E-state index in [4.69, 9.17) is 5.84 Å². The van der Waals surface area contributed by atoms with Gasteiger partial charge in [-0.05, 0) is 12.1 Å². The van der Waals surface area contributed by atoms with Crippen molar-refractivity contribution in [3.05, 3.63) is 41.7 Å². The van der Waals surface area contributed by atoms with Crippen LogP contribution >= 0.6 is 11.8 Å². The predicted octanol–water partition coefficient (Wildman–Crippen LogP) is 2.75. The summed E-state index contributed by atoms with van der Waals surface area (Å²) in [6, 6.07) is 5.02. The average molecular weight is 282 g/mol. The molecule has 19 heavy (non-hydrogen) atoms. The van der Waals surface area contributed by atoms with Crippen molar-refractivity contribution in [3.63, 3.8) is 0 Å². The quantitative estimate of drug-likeness (QED) is 0.513. The third-order valence-corrected chi connectivity index (χ3v) is 3.29. The minimum Gasteiger partial charge on any atom is -0.308 e. The number of hydrogen-bond donors (Lipinski definition) is 2. The van der Waals surface area contributed by atoms with E-state index in [0.29, 0.717) is 28.0 Å². The third-order valence-electron chi connectivity index (χ3n) is 2.32. The molecule has 100 valence electrons. The average Bonchev–Trinajstić information content (AvgIpc) is 2.41. The van der Waals surface area contributed by atoms with Crippen LogP contribution in [0.5, 0.6) is 0 Å². The highest BCUT2D eigenvalue weighted by Crippen LogP contribution is 2.29. The van der Waals surface area contributed by atoms with E-state index in [2.05, 4.69) is 15.4 Å². The molecular weight excluding hydrogens is 270 g/mol. The van der Waals surface area contributed by atoms with Crippen LogP contribution in [0.1, 0.15) is 12.7 Å². The smallest absolute Gasteiger partial charge is 0.144 e. The molecule has 0 aliphatic rings. The van der Waals surface area contributed by atoms with Crippen molar-refractivity contribution in [2.45, 2.75) is 23.3 Å². The van der Waals surface area contributed by atoms with E-state index >= 15 is 0 Å². The fourth-order valence-corrected chi connectivity index (χ4v) is 2.27. The molecule has 3 N–H and O–H groups in total. The van der Waals surface area contributed by atoms with E-state index in [1.807, 2.05) is 6.92 Å². The molecule has 4 nitrogen and oxygen atoms in total. The van der Waals surface area contributed by atoms with Gasteiger partial charge in [0, 0.05) is 23.4 Å². The molecule has 0 aliphatic heterocycles. The highest BCUT2D eigenvalue weighted by atomic mass is 32.2. The lowest BCUT2D eigenvalue weighted by Crippen LogP contribution is -2.10. The van der Waals surface area contributed by atoms with Crippen LogP contribution < -0.4 is 11.3 Å². The summed E-state index contributed by atoms with van der Waals surface area (Å²) in [4.78, 5) is 8.69. The molecule has 2 aromatic rings. The number of rotatable bonds is 4. The molecular formula is C12H12F2N4S. The van der Waals surface area contributed by atoms with Crippen molar-refractivity contribution in [3.8, 4) is 0 Å². The standard InChI is InChI=1S/C12H12F2N4S/c1-2-10-16-11(18-15)6-12(17-10)19-9-4-3-7(13)5-8(9)14/h3-6H,2,15H2,1H3,(H,16,17,18). The molecule has 7 heteroatoms. The summed E-state index contributed by atoms with van der Waals surface area (Å²) in [5.41, 5.74) is 2.43. The van der Waals surface area contributed by atoms with Crippen molar-refractivity contribution >= 4 is 17.6 Å². The van der Waals surface area contributed by atoms with Gasteiger partial charge in [0.05, 0.1) is 0 Å². The van der Waals surface area contributed by atoms with E-state index in [-0.39, 0.29) is 0 Å². The molecule has 0 radical (unpaired) electrons. The topological polar surface area (TPSA) is 63.8 Å². The Kier molecular flexibility index (Phi) is 4.28. The molecule has 0 bridgehead atoms. The number of nitrogen functional groups attached to an aromatic ring is 1. The lowest BCUT2D eigenvalue weighted by atomic mass is 10.3. The zero-order chi connectivity index (χ0) is 13.8. The molecule has 0 saturated heterocycles. The van der Waals surface area contributed by atoms with Gasteiger partial charge in [0.1, 0.15) is 28.3 Å². The summed E-state index contributed by atoms with van der Waals surface area (Å²) < 4.78 is 26.4. The van der Waals surface area contributed by atoms with Gasteiger partial charge in [0.25, 0.3) is 0 Å². The van der Waals surface area contributed by atoms with Crippen LogP contribution in [0.3, 0.4) is 0 Å². The Morgan fingerprint density at radius 3 is 2.68 bits per heavy atom. The molecule has 2 rings (SSSR count). The van der Waals surface area contributed by atoms with Gasteiger partial charge in [-0.15, -0.1) is 0 Å². The molecule has 0 atom stereocenters. The van der Waals surface area contributed by atoms with Crippen molar-refractivity contribution in [1.82, 2.24) is 9.97 Å². The maximum absolute atomic E-state index is 13.6. The summed E-state index contributed by atoms with van der Waals surface area (Å²) >= 11 is 1.09. The van der Waals surface area contributed by atoms with Gasteiger partial charge in [0.2, 0.25) is 0 Å². The van der Waals surface area contributed by atoms with Gasteiger partial charge in [-0.1, -0.05) is 18.7 Å². The zero-order valence-electron chi connectivity index (χ0n) is 10.2. The van der Waals surface area contributed by atoms with Crippen LogP contribution in [0, 0.1) is 11.6 Å². The van der Waals surface area contributed by atoms with E-state index < -0.39 is 11.6 Å². The third kappa shape index (κ3) is 3.39.